The first-order valence-corrected chi connectivity index (χ1v) is 5.51. The van der Waals surface area contributed by atoms with Crippen LogP contribution in [0.4, 0.5) is 4.39 Å². The number of rotatable bonds is 3. The van der Waals surface area contributed by atoms with Gasteiger partial charge in [-0.25, -0.2) is 4.39 Å². The van der Waals surface area contributed by atoms with E-state index in [0.717, 1.165) is 18.3 Å². The van der Waals surface area contributed by atoms with Crippen LogP contribution >= 0.6 is 0 Å². The normalized spacial score (nSPS) is 27.5. The SMILES string of the molecule is [N-]=[N+]=NC1CCC(C=O)C1c1ccc(F)cc1. The molecule has 1 aromatic carbocycles. The quantitative estimate of drug-likeness (QED) is 0.342. The molecule has 0 aliphatic heterocycles. The Hall–Kier alpha value is -1.87. The molecule has 1 aromatic rings. The Morgan fingerprint density at radius 1 is 1.35 bits per heavy atom. The third-order valence-corrected chi connectivity index (χ3v) is 3.30. The first-order valence-electron chi connectivity index (χ1n) is 5.51. The third-order valence-electron chi connectivity index (χ3n) is 3.30. The molecular weight excluding hydrogens is 221 g/mol. The summed E-state index contributed by atoms with van der Waals surface area (Å²) in [6.45, 7) is 0. The molecule has 0 saturated heterocycles. The summed E-state index contributed by atoms with van der Waals surface area (Å²) in [5.41, 5.74) is 9.36. The summed E-state index contributed by atoms with van der Waals surface area (Å²) in [5, 5.41) is 3.73. The Bertz CT molecular complexity index is 453. The number of hydrogen-bond donors (Lipinski definition) is 0. The molecule has 4 nitrogen and oxygen atoms in total. The van der Waals surface area contributed by atoms with E-state index >= 15 is 0 Å². The van der Waals surface area contributed by atoms with E-state index in [-0.39, 0.29) is 23.7 Å². The van der Waals surface area contributed by atoms with Gasteiger partial charge in [-0.2, -0.15) is 0 Å². The fourth-order valence-electron chi connectivity index (χ4n) is 2.51. The van der Waals surface area contributed by atoms with Crippen LogP contribution in [-0.2, 0) is 4.79 Å². The molecule has 0 radical (unpaired) electrons. The van der Waals surface area contributed by atoms with Gasteiger partial charge >= 0.3 is 0 Å². The van der Waals surface area contributed by atoms with Crippen molar-refractivity contribution in [3.8, 4) is 0 Å². The van der Waals surface area contributed by atoms with Crippen molar-refractivity contribution < 1.29 is 9.18 Å². The fourth-order valence-corrected chi connectivity index (χ4v) is 2.51. The van der Waals surface area contributed by atoms with E-state index in [1.807, 2.05) is 0 Å². The van der Waals surface area contributed by atoms with Crippen molar-refractivity contribution >= 4 is 6.29 Å². The average Bonchev–Trinajstić information content (AvgIpc) is 2.74. The minimum Gasteiger partial charge on any atom is -0.303 e. The molecule has 0 amide bonds. The second kappa shape index (κ2) is 4.97. The van der Waals surface area contributed by atoms with E-state index in [9.17, 15) is 9.18 Å². The third kappa shape index (κ3) is 2.29. The first-order chi connectivity index (χ1) is 8.26. The van der Waals surface area contributed by atoms with Gasteiger partial charge in [-0.15, -0.1) is 0 Å². The minimum atomic E-state index is -0.310. The van der Waals surface area contributed by atoms with Crippen LogP contribution in [0, 0.1) is 11.7 Å². The predicted molar refractivity (Wildman–Crippen MR) is 60.9 cm³/mol. The van der Waals surface area contributed by atoms with Crippen molar-refractivity contribution in [3.63, 3.8) is 0 Å². The average molecular weight is 233 g/mol. The van der Waals surface area contributed by atoms with Crippen molar-refractivity contribution in [2.45, 2.75) is 24.8 Å². The zero-order valence-corrected chi connectivity index (χ0v) is 9.16. The molecule has 1 saturated carbocycles. The Morgan fingerprint density at radius 2 is 2.06 bits per heavy atom. The molecular formula is C12H12FN3O. The highest BCUT2D eigenvalue weighted by Gasteiger charge is 2.36. The number of carbonyl (C=O) groups is 1. The second-order valence-corrected chi connectivity index (χ2v) is 4.23. The monoisotopic (exact) mass is 233 g/mol. The van der Waals surface area contributed by atoms with Crippen molar-refractivity contribution in [2.24, 2.45) is 11.0 Å². The topological polar surface area (TPSA) is 65.8 Å². The molecule has 0 aromatic heterocycles. The molecule has 3 atom stereocenters. The lowest BCUT2D eigenvalue weighted by atomic mass is 9.88. The smallest absolute Gasteiger partial charge is 0.123 e. The zero-order chi connectivity index (χ0) is 12.3. The zero-order valence-electron chi connectivity index (χ0n) is 9.16. The predicted octanol–water partition coefficient (Wildman–Crippen LogP) is 3.20. The van der Waals surface area contributed by atoms with E-state index in [2.05, 4.69) is 10.0 Å². The van der Waals surface area contributed by atoms with Gasteiger partial charge in [-0.1, -0.05) is 17.2 Å². The summed E-state index contributed by atoms with van der Waals surface area (Å²) >= 11 is 0. The van der Waals surface area contributed by atoms with Crippen LogP contribution in [-0.4, -0.2) is 12.3 Å². The van der Waals surface area contributed by atoms with Gasteiger partial charge in [0, 0.05) is 22.8 Å². The number of halogens is 1. The first kappa shape index (κ1) is 11.6. The van der Waals surface area contributed by atoms with Gasteiger partial charge in [0.05, 0.1) is 0 Å². The summed E-state index contributed by atoms with van der Waals surface area (Å²) in [7, 11) is 0. The summed E-state index contributed by atoms with van der Waals surface area (Å²) in [5.74, 6) is -0.574. The Morgan fingerprint density at radius 3 is 2.65 bits per heavy atom. The van der Waals surface area contributed by atoms with Gasteiger partial charge in [-0.05, 0) is 36.1 Å². The number of nitrogens with zero attached hydrogens (tertiary/aromatic N) is 3. The van der Waals surface area contributed by atoms with E-state index in [0.29, 0.717) is 6.42 Å². The molecule has 2 rings (SSSR count). The maximum absolute atomic E-state index is 12.8. The van der Waals surface area contributed by atoms with Crippen LogP contribution in [0.1, 0.15) is 24.3 Å². The lowest BCUT2D eigenvalue weighted by Crippen LogP contribution is -2.16. The molecule has 3 unspecified atom stereocenters. The Balaban J connectivity index is 2.33. The number of benzene rings is 1. The van der Waals surface area contributed by atoms with Crippen LogP contribution in [0.3, 0.4) is 0 Å². The highest BCUT2D eigenvalue weighted by molar-refractivity contribution is 5.57. The molecule has 1 fully saturated rings. The second-order valence-electron chi connectivity index (χ2n) is 4.23. The summed E-state index contributed by atoms with van der Waals surface area (Å²) < 4.78 is 12.8. The lowest BCUT2D eigenvalue weighted by molar-refractivity contribution is -0.111. The molecule has 5 heteroatoms. The van der Waals surface area contributed by atoms with Crippen molar-refractivity contribution in [2.75, 3.05) is 0 Å². The van der Waals surface area contributed by atoms with E-state index in [1.165, 1.54) is 12.1 Å². The fraction of sp³-hybridized carbons (Fsp3) is 0.417. The number of azide groups is 1. The molecule has 0 spiro atoms. The van der Waals surface area contributed by atoms with Crippen LogP contribution < -0.4 is 0 Å². The Kier molecular flexibility index (Phi) is 3.40. The largest absolute Gasteiger partial charge is 0.303 e. The molecule has 0 bridgehead atoms. The summed E-state index contributed by atoms with van der Waals surface area (Å²) in [4.78, 5) is 13.8. The molecule has 0 N–H and O–H groups in total. The molecule has 1 aliphatic carbocycles. The van der Waals surface area contributed by atoms with Gasteiger partial charge < -0.3 is 4.79 Å². The van der Waals surface area contributed by atoms with Gasteiger partial charge in [0.25, 0.3) is 0 Å². The van der Waals surface area contributed by atoms with Gasteiger partial charge in [0.15, 0.2) is 0 Å². The van der Waals surface area contributed by atoms with Gasteiger partial charge in [0.1, 0.15) is 12.1 Å². The summed E-state index contributed by atoms with van der Waals surface area (Å²) in [6.07, 6.45) is 2.33. The Labute approximate surface area is 98.1 Å². The van der Waals surface area contributed by atoms with E-state index in [1.54, 1.807) is 12.1 Å². The van der Waals surface area contributed by atoms with Crippen molar-refractivity contribution in [3.05, 3.63) is 46.1 Å². The minimum absolute atomic E-state index is 0.121. The van der Waals surface area contributed by atoms with Crippen LogP contribution in [0.2, 0.25) is 0 Å². The molecule has 1 aliphatic rings. The molecule has 17 heavy (non-hydrogen) atoms. The van der Waals surface area contributed by atoms with Gasteiger partial charge in [-0.3, -0.25) is 0 Å². The van der Waals surface area contributed by atoms with E-state index < -0.39 is 0 Å². The molecule has 88 valence electrons. The number of aldehydes is 1. The van der Waals surface area contributed by atoms with Crippen molar-refractivity contribution in [1.82, 2.24) is 0 Å². The highest BCUT2D eigenvalue weighted by atomic mass is 19.1. The lowest BCUT2D eigenvalue weighted by Gasteiger charge is -2.19. The number of carbonyl (C=O) groups excluding carboxylic acids is 1. The van der Waals surface area contributed by atoms with E-state index in [4.69, 9.17) is 5.53 Å². The van der Waals surface area contributed by atoms with Crippen LogP contribution in [0.5, 0.6) is 0 Å². The number of hydrogen-bond acceptors (Lipinski definition) is 2. The van der Waals surface area contributed by atoms with Gasteiger partial charge in [0.2, 0.25) is 0 Å². The van der Waals surface area contributed by atoms with Crippen molar-refractivity contribution in [1.29, 1.82) is 0 Å². The highest BCUT2D eigenvalue weighted by Crippen LogP contribution is 2.40. The summed E-state index contributed by atoms with van der Waals surface area (Å²) in [6, 6.07) is 5.83. The van der Waals surface area contributed by atoms with Crippen LogP contribution in [0.25, 0.3) is 10.4 Å². The standard InChI is InChI=1S/C12H12FN3O/c13-10-4-1-8(2-5-10)12-9(7-17)3-6-11(12)15-16-14/h1-2,4-5,7,9,11-12H,3,6H2. The maximum Gasteiger partial charge on any atom is 0.123 e. The van der Waals surface area contributed by atoms with Crippen LogP contribution in [0.15, 0.2) is 29.4 Å². The maximum atomic E-state index is 12.8. The molecule has 0 heterocycles.